The highest BCUT2D eigenvalue weighted by atomic mass is 79.9. The van der Waals surface area contributed by atoms with Gasteiger partial charge in [-0.2, -0.15) is 0 Å². The second-order valence-corrected chi connectivity index (χ2v) is 4.91. The van der Waals surface area contributed by atoms with E-state index in [4.69, 9.17) is 10.2 Å². The smallest absolute Gasteiger partial charge is 0.326 e. The van der Waals surface area contributed by atoms with E-state index >= 15 is 0 Å². The highest BCUT2D eigenvalue weighted by Crippen LogP contribution is 2.20. The Morgan fingerprint density at radius 3 is 2.45 bits per heavy atom. The average molecular weight is 345 g/mol. The molecule has 20 heavy (non-hydrogen) atoms. The second-order valence-electron chi connectivity index (χ2n) is 4.05. The van der Waals surface area contributed by atoms with Crippen LogP contribution in [0.3, 0.4) is 0 Å². The zero-order valence-corrected chi connectivity index (χ0v) is 12.1. The van der Waals surface area contributed by atoms with Crippen LogP contribution in [0, 0.1) is 6.92 Å². The van der Waals surface area contributed by atoms with E-state index in [0.717, 1.165) is 10.0 Å². The minimum absolute atomic E-state index is 0.458. The fourth-order valence-corrected chi connectivity index (χ4v) is 1.75. The lowest BCUT2D eigenvalue weighted by atomic mass is 10.2. The van der Waals surface area contributed by atoms with Crippen LogP contribution in [0.15, 0.2) is 22.7 Å². The molecule has 0 fully saturated rings. The monoisotopic (exact) mass is 344 g/mol. The van der Waals surface area contributed by atoms with E-state index in [-0.39, 0.29) is 0 Å². The summed E-state index contributed by atoms with van der Waals surface area (Å²) in [5.41, 5.74) is 1.43. The van der Waals surface area contributed by atoms with Crippen LogP contribution in [0.1, 0.15) is 12.0 Å². The van der Waals surface area contributed by atoms with Gasteiger partial charge in [-0.15, -0.1) is 0 Å². The van der Waals surface area contributed by atoms with E-state index < -0.39 is 30.4 Å². The zero-order valence-electron chi connectivity index (χ0n) is 10.5. The van der Waals surface area contributed by atoms with E-state index in [1.165, 1.54) is 0 Å². The summed E-state index contributed by atoms with van der Waals surface area (Å²) in [7, 11) is 0. The Labute approximate surface area is 123 Å². The summed E-state index contributed by atoms with van der Waals surface area (Å²) in [4.78, 5) is 32.9. The van der Waals surface area contributed by atoms with Crippen molar-refractivity contribution in [1.82, 2.24) is 5.32 Å². The molecule has 0 spiro atoms. The summed E-state index contributed by atoms with van der Waals surface area (Å²) in [5.74, 6) is -2.72. The Morgan fingerprint density at radius 1 is 1.30 bits per heavy atom. The van der Waals surface area contributed by atoms with E-state index in [1.807, 2.05) is 6.92 Å². The van der Waals surface area contributed by atoms with Crippen LogP contribution in [0.5, 0.6) is 0 Å². The lowest BCUT2D eigenvalue weighted by molar-refractivity contribution is -0.145. The third kappa shape index (κ3) is 4.88. The number of amides is 2. The minimum atomic E-state index is -1.48. The SMILES string of the molecule is Cc1ccc(NC(=O)NC(CC(=O)O)C(=O)O)cc1Br. The maximum Gasteiger partial charge on any atom is 0.326 e. The van der Waals surface area contributed by atoms with Gasteiger partial charge in [0.05, 0.1) is 6.42 Å². The van der Waals surface area contributed by atoms with Crippen molar-refractivity contribution in [3.63, 3.8) is 0 Å². The van der Waals surface area contributed by atoms with Crippen molar-refractivity contribution in [2.45, 2.75) is 19.4 Å². The largest absolute Gasteiger partial charge is 0.481 e. The minimum Gasteiger partial charge on any atom is -0.481 e. The summed E-state index contributed by atoms with van der Waals surface area (Å²) >= 11 is 3.30. The third-order valence-electron chi connectivity index (χ3n) is 2.41. The van der Waals surface area contributed by atoms with Crippen LogP contribution in [-0.4, -0.2) is 34.2 Å². The number of carbonyl (C=O) groups is 3. The molecule has 0 radical (unpaired) electrons. The molecule has 4 N–H and O–H groups in total. The Kier molecular flexibility index (Phi) is 5.51. The summed E-state index contributed by atoms with van der Waals surface area (Å²) in [6.07, 6.45) is -0.694. The first-order valence-corrected chi connectivity index (χ1v) is 6.37. The van der Waals surface area contributed by atoms with Crippen LogP contribution in [-0.2, 0) is 9.59 Å². The Bertz CT molecular complexity index is 547. The molecule has 108 valence electrons. The molecular weight excluding hydrogens is 332 g/mol. The Hall–Kier alpha value is -2.09. The molecule has 1 unspecified atom stereocenters. The maximum absolute atomic E-state index is 11.6. The number of urea groups is 1. The van der Waals surface area contributed by atoms with Gasteiger partial charge in [0.15, 0.2) is 0 Å². The summed E-state index contributed by atoms with van der Waals surface area (Å²) in [5, 5.41) is 21.9. The number of aliphatic carboxylic acids is 2. The van der Waals surface area contributed by atoms with Crippen molar-refractivity contribution < 1.29 is 24.6 Å². The topological polar surface area (TPSA) is 116 Å². The first kappa shape index (κ1) is 16.0. The van der Waals surface area contributed by atoms with Crippen LogP contribution < -0.4 is 10.6 Å². The molecule has 1 aromatic carbocycles. The number of hydrogen-bond acceptors (Lipinski definition) is 3. The van der Waals surface area contributed by atoms with Gasteiger partial charge in [-0.05, 0) is 24.6 Å². The molecule has 0 aliphatic heterocycles. The van der Waals surface area contributed by atoms with Crippen molar-refractivity contribution in [2.24, 2.45) is 0 Å². The number of hydrogen-bond donors (Lipinski definition) is 4. The van der Waals surface area contributed by atoms with Gasteiger partial charge in [0.25, 0.3) is 0 Å². The molecule has 1 atom stereocenters. The molecule has 0 aromatic heterocycles. The maximum atomic E-state index is 11.6. The number of nitrogens with one attached hydrogen (secondary N) is 2. The molecule has 2 amide bonds. The van der Waals surface area contributed by atoms with E-state index in [2.05, 4.69) is 26.6 Å². The molecule has 7 nitrogen and oxygen atoms in total. The highest BCUT2D eigenvalue weighted by molar-refractivity contribution is 9.10. The predicted molar refractivity (Wildman–Crippen MR) is 74.7 cm³/mol. The van der Waals surface area contributed by atoms with Crippen molar-refractivity contribution in [3.8, 4) is 0 Å². The van der Waals surface area contributed by atoms with Gasteiger partial charge in [-0.25, -0.2) is 9.59 Å². The number of anilines is 1. The van der Waals surface area contributed by atoms with Crippen LogP contribution in [0.2, 0.25) is 0 Å². The zero-order chi connectivity index (χ0) is 15.3. The highest BCUT2D eigenvalue weighted by Gasteiger charge is 2.22. The summed E-state index contributed by atoms with van der Waals surface area (Å²) < 4.78 is 0.788. The van der Waals surface area contributed by atoms with Crippen molar-refractivity contribution >= 4 is 39.6 Å². The fourth-order valence-electron chi connectivity index (χ4n) is 1.37. The lowest BCUT2D eigenvalue weighted by Crippen LogP contribution is -2.44. The van der Waals surface area contributed by atoms with Gasteiger partial charge < -0.3 is 20.8 Å². The van der Waals surface area contributed by atoms with Gasteiger partial charge in [0, 0.05) is 10.2 Å². The number of carboxylic acids is 2. The standard InChI is InChI=1S/C12H13BrN2O5/c1-6-2-3-7(4-8(6)13)14-12(20)15-9(11(18)19)5-10(16)17/h2-4,9H,5H2,1H3,(H,16,17)(H,18,19)(H2,14,15,20). The predicted octanol–water partition coefficient (Wildman–Crippen LogP) is 1.81. The molecule has 0 aliphatic rings. The van der Waals surface area contributed by atoms with Gasteiger partial charge in [-0.1, -0.05) is 22.0 Å². The second kappa shape index (κ2) is 6.90. The molecule has 0 saturated heterocycles. The number of benzene rings is 1. The van der Waals surface area contributed by atoms with E-state index in [1.54, 1.807) is 18.2 Å². The summed E-state index contributed by atoms with van der Waals surface area (Å²) in [6, 6.07) is 2.80. The van der Waals surface area contributed by atoms with Gasteiger partial charge in [-0.3, -0.25) is 4.79 Å². The fraction of sp³-hybridized carbons (Fsp3) is 0.250. The number of rotatable bonds is 5. The lowest BCUT2D eigenvalue weighted by Gasteiger charge is -2.13. The quantitative estimate of drug-likeness (QED) is 0.650. The van der Waals surface area contributed by atoms with Crippen molar-refractivity contribution in [1.29, 1.82) is 0 Å². The van der Waals surface area contributed by atoms with Crippen LogP contribution in [0.25, 0.3) is 0 Å². The van der Waals surface area contributed by atoms with E-state index in [9.17, 15) is 14.4 Å². The number of carbonyl (C=O) groups excluding carboxylic acids is 1. The number of halogens is 1. The number of aryl methyl sites for hydroxylation is 1. The normalized spacial score (nSPS) is 11.5. The van der Waals surface area contributed by atoms with Crippen LogP contribution >= 0.6 is 15.9 Å². The molecule has 0 bridgehead atoms. The van der Waals surface area contributed by atoms with Gasteiger partial charge in [0.2, 0.25) is 0 Å². The molecule has 1 rings (SSSR count). The molecule has 1 aromatic rings. The molecular formula is C12H13BrN2O5. The molecule has 8 heteroatoms. The van der Waals surface area contributed by atoms with Crippen molar-refractivity contribution in [3.05, 3.63) is 28.2 Å². The third-order valence-corrected chi connectivity index (χ3v) is 3.27. The van der Waals surface area contributed by atoms with Gasteiger partial charge >= 0.3 is 18.0 Å². The first-order chi connectivity index (χ1) is 9.29. The average Bonchev–Trinajstić information content (AvgIpc) is 2.32. The summed E-state index contributed by atoms with van der Waals surface area (Å²) in [6.45, 7) is 1.88. The Morgan fingerprint density at radius 2 is 1.95 bits per heavy atom. The van der Waals surface area contributed by atoms with E-state index in [0.29, 0.717) is 5.69 Å². The van der Waals surface area contributed by atoms with Crippen molar-refractivity contribution in [2.75, 3.05) is 5.32 Å². The Balaban J connectivity index is 2.67. The first-order valence-electron chi connectivity index (χ1n) is 5.58. The number of carboxylic acid groups (broad SMARTS) is 2. The van der Waals surface area contributed by atoms with Crippen LogP contribution in [0.4, 0.5) is 10.5 Å². The molecule has 0 heterocycles. The van der Waals surface area contributed by atoms with Gasteiger partial charge in [0.1, 0.15) is 6.04 Å². The molecule has 0 aliphatic carbocycles. The molecule has 0 saturated carbocycles.